The molecule has 0 unspecified atom stereocenters. The first-order chi connectivity index (χ1) is 8.22. The lowest BCUT2D eigenvalue weighted by molar-refractivity contribution is 0.400. The highest BCUT2D eigenvalue weighted by molar-refractivity contribution is 7.89. The summed E-state index contributed by atoms with van der Waals surface area (Å²) in [5, 5.41) is 0.321. The number of hydrogen-bond acceptors (Lipinski definition) is 4. The van der Waals surface area contributed by atoms with Crippen LogP contribution in [0.5, 0.6) is 5.75 Å². The number of nitrogens with two attached hydrogens (primary N) is 1. The Balaban J connectivity index is 3.24. The Morgan fingerprint density at radius 1 is 1.44 bits per heavy atom. The van der Waals surface area contributed by atoms with Crippen LogP contribution in [0.2, 0.25) is 5.02 Å². The molecule has 0 aliphatic carbocycles. The van der Waals surface area contributed by atoms with Crippen molar-refractivity contribution < 1.29 is 13.2 Å². The molecule has 1 rings (SSSR count). The van der Waals surface area contributed by atoms with Crippen LogP contribution in [0, 0.1) is 0 Å². The standard InChI is InChI=1S/C11H17ClN2O3S/c1-11(2,7-13)14-18(15,16)10-6-8(12)4-5-9(10)17-3/h4-6,14H,7,13H2,1-3H3. The third-order valence-electron chi connectivity index (χ3n) is 2.34. The zero-order valence-corrected chi connectivity index (χ0v) is 12.1. The molecule has 0 bridgehead atoms. The SMILES string of the molecule is COc1ccc(Cl)cc1S(=O)(=O)NC(C)(C)CN. The summed E-state index contributed by atoms with van der Waals surface area (Å²) in [6.45, 7) is 3.57. The zero-order chi connectivity index (χ0) is 14.0. The fourth-order valence-electron chi connectivity index (χ4n) is 1.32. The third-order valence-corrected chi connectivity index (χ3v) is 4.29. The van der Waals surface area contributed by atoms with Gasteiger partial charge in [0, 0.05) is 17.1 Å². The number of ether oxygens (including phenoxy) is 1. The van der Waals surface area contributed by atoms with Crippen LogP contribution in [0.4, 0.5) is 0 Å². The molecular weight excluding hydrogens is 276 g/mol. The predicted molar refractivity (Wildman–Crippen MR) is 71.5 cm³/mol. The normalized spacial score (nSPS) is 12.5. The maximum absolute atomic E-state index is 12.2. The van der Waals surface area contributed by atoms with Gasteiger partial charge in [-0.25, -0.2) is 13.1 Å². The van der Waals surface area contributed by atoms with Gasteiger partial charge in [-0.3, -0.25) is 0 Å². The van der Waals surface area contributed by atoms with Gasteiger partial charge in [0.15, 0.2) is 0 Å². The summed E-state index contributed by atoms with van der Waals surface area (Å²) in [6, 6.07) is 4.41. The van der Waals surface area contributed by atoms with Gasteiger partial charge in [-0.05, 0) is 32.0 Å². The number of rotatable bonds is 5. The molecule has 102 valence electrons. The molecule has 1 aromatic carbocycles. The van der Waals surface area contributed by atoms with Crippen LogP contribution in [0.1, 0.15) is 13.8 Å². The first-order valence-electron chi connectivity index (χ1n) is 5.29. The largest absolute Gasteiger partial charge is 0.495 e. The summed E-state index contributed by atoms with van der Waals surface area (Å²) in [4.78, 5) is -0.000903. The Morgan fingerprint density at radius 2 is 2.06 bits per heavy atom. The highest BCUT2D eigenvalue weighted by Crippen LogP contribution is 2.27. The number of halogens is 1. The molecule has 0 aliphatic rings. The second kappa shape index (κ2) is 5.44. The van der Waals surface area contributed by atoms with Crippen LogP contribution in [0.25, 0.3) is 0 Å². The van der Waals surface area contributed by atoms with Crippen LogP contribution in [-0.2, 0) is 10.0 Å². The molecule has 0 radical (unpaired) electrons. The number of hydrogen-bond donors (Lipinski definition) is 2. The van der Waals surface area contributed by atoms with Crippen LogP contribution >= 0.6 is 11.6 Å². The lowest BCUT2D eigenvalue weighted by atomic mass is 10.1. The lowest BCUT2D eigenvalue weighted by Gasteiger charge is -2.24. The van der Waals surface area contributed by atoms with Gasteiger partial charge in [0.1, 0.15) is 10.6 Å². The Labute approximate surface area is 112 Å². The van der Waals surface area contributed by atoms with Crippen LogP contribution in [-0.4, -0.2) is 27.6 Å². The van der Waals surface area contributed by atoms with Crippen molar-refractivity contribution in [2.75, 3.05) is 13.7 Å². The Hall–Kier alpha value is -0.820. The van der Waals surface area contributed by atoms with E-state index >= 15 is 0 Å². The van der Waals surface area contributed by atoms with Gasteiger partial charge in [-0.2, -0.15) is 0 Å². The second-order valence-electron chi connectivity index (χ2n) is 4.49. The topological polar surface area (TPSA) is 81.4 Å². The number of benzene rings is 1. The van der Waals surface area contributed by atoms with Crippen molar-refractivity contribution in [2.45, 2.75) is 24.3 Å². The number of methoxy groups -OCH3 is 1. The van der Waals surface area contributed by atoms with E-state index in [1.807, 2.05) is 0 Å². The summed E-state index contributed by atoms with van der Waals surface area (Å²) in [7, 11) is -2.34. The molecule has 0 amide bonds. The molecule has 0 spiro atoms. The molecule has 5 nitrogen and oxygen atoms in total. The highest BCUT2D eigenvalue weighted by atomic mass is 35.5. The lowest BCUT2D eigenvalue weighted by Crippen LogP contribution is -2.48. The van der Waals surface area contributed by atoms with E-state index < -0.39 is 15.6 Å². The van der Waals surface area contributed by atoms with Gasteiger partial charge in [-0.15, -0.1) is 0 Å². The molecule has 3 N–H and O–H groups in total. The fourth-order valence-corrected chi connectivity index (χ4v) is 3.18. The molecule has 0 atom stereocenters. The van der Waals surface area contributed by atoms with Crippen LogP contribution in [0.3, 0.4) is 0 Å². The third kappa shape index (κ3) is 3.58. The average molecular weight is 293 g/mol. The van der Waals surface area contributed by atoms with E-state index in [9.17, 15) is 8.42 Å². The average Bonchev–Trinajstić information content (AvgIpc) is 2.28. The molecule has 0 fully saturated rings. The van der Waals surface area contributed by atoms with E-state index in [0.717, 1.165) is 0 Å². The number of sulfonamides is 1. The van der Waals surface area contributed by atoms with E-state index in [-0.39, 0.29) is 17.2 Å². The second-order valence-corrected chi connectivity index (χ2v) is 6.58. The monoisotopic (exact) mass is 292 g/mol. The molecule has 0 saturated carbocycles. The molecule has 0 heterocycles. The Kier molecular flexibility index (Phi) is 4.61. The molecule has 0 saturated heterocycles. The van der Waals surface area contributed by atoms with Crippen molar-refractivity contribution in [2.24, 2.45) is 5.73 Å². The van der Waals surface area contributed by atoms with Crippen molar-refractivity contribution in [1.82, 2.24) is 4.72 Å². The van der Waals surface area contributed by atoms with E-state index in [1.165, 1.54) is 19.2 Å². The summed E-state index contributed by atoms with van der Waals surface area (Å²) in [5.41, 5.74) is 4.76. The van der Waals surface area contributed by atoms with E-state index in [0.29, 0.717) is 5.02 Å². The van der Waals surface area contributed by atoms with Crippen molar-refractivity contribution >= 4 is 21.6 Å². The van der Waals surface area contributed by atoms with Crippen molar-refractivity contribution in [3.05, 3.63) is 23.2 Å². The molecule has 0 aliphatic heterocycles. The molecular formula is C11H17ClN2O3S. The molecule has 1 aromatic rings. The van der Waals surface area contributed by atoms with Gasteiger partial charge < -0.3 is 10.5 Å². The maximum atomic E-state index is 12.2. The van der Waals surface area contributed by atoms with Gasteiger partial charge in [0.05, 0.1) is 7.11 Å². The molecule has 0 aromatic heterocycles. The van der Waals surface area contributed by atoms with Crippen molar-refractivity contribution in [1.29, 1.82) is 0 Å². The van der Waals surface area contributed by atoms with Crippen LogP contribution < -0.4 is 15.2 Å². The fraction of sp³-hybridized carbons (Fsp3) is 0.455. The summed E-state index contributed by atoms with van der Waals surface area (Å²) < 4.78 is 32.0. The Morgan fingerprint density at radius 3 is 2.56 bits per heavy atom. The maximum Gasteiger partial charge on any atom is 0.244 e. The van der Waals surface area contributed by atoms with Gasteiger partial charge in [0.2, 0.25) is 10.0 Å². The molecule has 7 heteroatoms. The quantitative estimate of drug-likeness (QED) is 0.859. The predicted octanol–water partition coefficient (Wildman–Crippen LogP) is 1.36. The van der Waals surface area contributed by atoms with Gasteiger partial charge in [0.25, 0.3) is 0 Å². The smallest absolute Gasteiger partial charge is 0.244 e. The summed E-state index contributed by atoms with van der Waals surface area (Å²) >= 11 is 5.81. The van der Waals surface area contributed by atoms with Gasteiger partial charge in [-0.1, -0.05) is 11.6 Å². The summed E-state index contributed by atoms with van der Waals surface area (Å²) in [6.07, 6.45) is 0. The minimum absolute atomic E-state index is 0.000903. The van der Waals surface area contributed by atoms with Gasteiger partial charge >= 0.3 is 0 Å². The first-order valence-corrected chi connectivity index (χ1v) is 7.15. The first kappa shape index (κ1) is 15.2. The minimum Gasteiger partial charge on any atom is -0.495 e. The molecule has 18 heavy (non-hydrogen) atoms. The van der Waals surface area contributed by atoms with Crippen LogP contribution in [0.15, 0.2) is 23.1 Å². The Bertz CT molecular complexity index is 529. The van der Waals surface area contributed by atoms with E-state index in [4.69, 9.17) is 22.1 Å². The van der Waals surface area contributed by atoms with Crippen molar-refractivity contribution in [3.63, 3.8) is 0 Å². The van der Waals surface area contributed by atoms with E-state index in [1.54, 1.807) is 19.9 Å². The minimum atomic E-state index is -3.73. The van der Waals surface area contributed by atoms with Crippen molar-refractivity contribution in [3.8, 4) is 5.75 Å². The zero-order valence-electron chi connectivity index (χ0n) is 10.5. The number of nitrogens with one attached hydrogen (secondary N) is 1. The highest BCUT2D eigenvalue weighted by Gasteiger charge is 2.27. The summed E-state index contributed by atoms with van der Waals surface area (Å²) in [5.74, 6) is 0.236. The van der Waals surface area contributed by atoms with E-state index in [2.05, 4.69) is 4.72 Å².